The van der Waals surface area contributed by atoms with E-state index in [9.17, 15) is 9.59 Å². The van der Waals surface area contributed by atoms with E-state index in [1.54, 1.807) is 0 Å². The zero-order chi connectivity index (χ0) is 13.7. The van der Waals surface area contributed by atoms with Gasteiger partial charge in [-0.3, -0.25) is 9.59 Å². The van der Waals surface area contributed by atoms with Gasteiger partial charge >= 0.3 is 5.97 Å². The Balaban J connectivity index is 1.95. The van der Waals surface area contributed by atoms with Crippen LogP contribution in [0.2, 0.25) is 0 Å². The molecule has 0 saturated carbocycles. The Labute approximate surface area is 112 Å². The smallest absolute Gasteiger partial charge is 0.307 e. The predicted molar refractivity (Wildman–Crippen MR) is 71.3 cm³/mol. The van der Waals surface area contributed by atoms with Gasteiger partial charge in [0.15, 0.2) is 0 Å². The van der Waals surface area contributed by atoms with Gasteiger partial charge in [-0.05, 0) is 18.4 Å². The SMILES string of the molecule is O=C(O)[C@H]1CC=CC[C@@H]1C(=O)NCc1ccccc1. The first-order valence-electron chi connectivity index (χ1n) is 6.38. The monoisotopic (exact) mass is 259 g/mol. The molecule has 0 unspecified atom stereocenters. The fraction of sp³-hybridized carbons (Fsp3) is 0.333. The molecule has 100 valence electrons. The summed E-state index contributed by atoms with van der Waals surface area (Å²) in [5.41, 5.74) is 1.01. The van der Waals surface area contributed by atoms with E-state index >= 15 is 0 Å². The second kappa shape index (κ2) is 6.18. The Bertz CT molecular complexity index is 481. The molecule has 1 amide bonds. The molecule has 0 heterocycles. The van der Waals surface area contributed by atoms with Crippen LogP contribution in [0.4, 0.5) is 0 Å². The third-order valence-electron chi connectivity index (χ3n) is 3.40. The van der Waals surface area contributed by atoms with Crippen molar-refractivity contribution in [3.05, 3.63) is 48.0 Å². The third kappa shape index (κ3) is 3.44. The van der Waals surface area contributed by atoms with Crippen molar-refractivity contribution in [3.8, 4) is 0 Å². The fourth-order valence-corrected chi connectivity index (χ4v) is 2.29. The summed E-state index contributed by atoms with van der Waals surface area (Å²) in [6, 6.07) is 9.58. The van der Waals surface area contributed by atoms with Crippen molar-refractivity contribution in [1.29, 1.82) is 0 Å². The summed E-state index contributed by atoms with van der Waals surface area (Å²) in [4.78, 5) is 23.2. The Morgan fingerprint density at radius 1 is 1.11 bits per heavy atom. The molecule has 0 aromatic heterocycles. The summed E-state index contributed by atoms with van der Waals surface area (Å²) in [7, 11) is 0. The zero-order valence-corrected chi connectivity index (χ0v) is 10.6. The number of benzene rings is 1. The van der Waals surface area contributed by atoms with E-state index in [0.717, 1.165) is 5.56 Å². The van der Waals surface area contributed by atoms with Crippen molar-refractivity contribution in [2.24, 2.45) is 11.8 Å². The number of carbonyl (C=O) groups is 2. The minimum Gasteiger partial charge on any atom is -0.481 e. The average molecular weight is 259 g/mol. The number of carboxylic acid groups (broad SMARTS) is 1. The molecule has 0 saturated heterocycles. The molecule has 1 aliphatic carbocycles. The number of rotatable bonds is 4. The summed E-state index contributed by atoms with van der Waals surface area (Å²) in [5.74, 6) is -2.16. The van der Waals surface area contributed by atoms with E-state index in [1.165, 1.54) is 0 Å². The van der Waals surface area contributed by atoms with Crippen LogP contribution in [0.15, 0.2) is 42.5 Å². The first kappa shape index (κ1) is 13.3. The molecule has 0 bridgehead atoms. The van der Waals surface area contributed by atoms with E-state index in [2.05, 4.69) is 5.32 Å². The van der Waals surface area contributed by atoms with Gasteiger partial charge in [0.25, 0.3) is 0 Å². The number of nitrogens with one attached hydrogen (secondary N) is 1. The normalized spacial score (nSPS) is 21.9. The van der Waals surface area contributed by atoms with Crippen LogP contribution >= 0.6 is 0 Å². The number of allylic oxidation sites excluding steroid dienone is 2. The molecule has 2 N–H and O–H groups in total. The molecule has 1 aliphatic rings. The van der Waals surface area contributed by atoms with Gasteiger partial charge in [0.05, 0.1) is 11.8 Å². The van der Waals surface area contributed by atoms with Gasteiger partial charge in [0.1, 0.15) is 0 Å². The van der Waals surface area contributed by atoms with Gasteiger partial charge in [-0.25, -0.2) is 0 Å². The van der Waals surface area contributed by atoms with E-state index in [-0.39, 0.29) is 5.91 Å². The largest absolute Gasteiger partial charge is 0.481 e. The van der Waals surface area contributed by atoms with Gasteiger partial charge < -0.3 is 10.4 Å². The van der Waals surface area contributed by atoms with Gasteiger partial charge in [-0.2, -0.15) is 0 Å². The summed E-state index contributed by atoms with van der Waals surface area (Å²) in [6.45, 7) is 0.437. The first-order chi connectivity index (χ1) is 9.18. The van der Waals surface area contributed by atoms with E-state index in [1.807, 2.05) is 42.5 Å². The van der Waals surface area contributed by atoms with Crippen molar-refractivity contribution in [1.82, 2.24) is 5.32 Å². The lowest BCUT2D eigenvalue weighted by Gasteiger charge is -2.24. The van der Waals surface area contributed by atoms with Crippen LogP contribution in [-0.2, 0) is 16.1 Å². The minimum atomic E-state index is -0.899. The number of carboxylic acids is 1. The van der Waals surface area contributed by atoms with Gasteiger partial charge in [0, 0.05) is 6.54 Å². The predicted octanol–water partition coefficient (Wildman–Crippen LogP) is 1.97. The van der Waals surface area contributed by atoms with Crippen molar-refractivity contribution in [2.75, 3.05) is 0 Å². The second-order valence-electron chi connectivity index (χ2n) is 4.70. The van der Waals surface area contributed by atoms with E-state index in [0.29, 0.717) is 19.4 Å². The fourth-order valence-electron chi connectivity index (χ4n) is 2.29. The van der Waals surface area contributed by atoms with Gasteiger partial charge in [0.2, 0.25) is 5.91 Å². The maximum Gasteiger partial charge on any atom is 0.307 e. The van der Waals surface area contributed by atoms with Crippen LogP contribution in [0.1, 0.15) is 18.4 Å². The maximum atomic E-state index is 12.1. The lowest BCUT2D eigenvalue weighted by atomic mass is 9.82. The highest BCUT2D eigenvalue weighted by atomic mass is 16.4. The molecule has 4 nitrogen and oxygen atoms in total. The molecule has 4 heteroatoms. The van der Waals surface area contributed by atoms with Crippen molar-refractivity contribution in [3.63, 3.8) is 0 Å². The highest BCUT2D eigenvalue weighted by Gasteiger charge is 2.33. The Morgan fingerprint density at radius 2 is 1.74 bits per heavy atom. The number of amides is 1. The quantitative estimate of drug-likeness (QED) is 0.812. The third-order valence-corrected chi connectivity index (χ3v) is 3.40. The van der Waals surface area contributed by atoms with E-state index in [4.69, 9.17) is 5.11 Å². The topological polar surface area (TPSA) is 66.4 Å². The summed E-state index contributed by atoms with van der Waals surface area (Å²) in [6.07, 6.45) is 4.64. The van der Waals surface area contributed by atoms with E-state index < -0.39 is 17.8 Å². The molecule has 2 rings (SSSR count). The number of aliphatic carboxylic acids is 1. The molecule has 1 aromatic rings. The average Bonchev–Trinajstić information content (AvgIpc) is 2.46. The van der Waals surface area contributed by atoms with Crippen LogP contribution < -0.4 is 5.32 Å². The highest BCUT2D eigenvalue weighted by Crippen LogP contribution is 2.26. The number of hydrogen-bond acceptors (Lipinski definition) is 2. The zero-order valence-electron chi connectivity index (χ0n) is 10.6. The van der Waals surface area contributed by atoms with Crippen LogP contribution in [0.25, 0.3) is 0 Å². The molecular weight excluding hydrogens is 242 g/mol. The van der Waals surface area contributed by atoms with Crippen LogP contribution in [0, 0.1) is 11.8 Å². The molecule has 0 fully saturated rings. The van der Waals surface area contributed by atoms with Gasteiger partial charge in [-0.1, -0.05) is 42.5 Å². The molecule has 1 aromatic carbocycles. The van der Waals surface area contributed by atoms with Gasteiger partial charge in [-0.15, -0.1) is 0 Å². The molecule has 2 atom stereocenters. The number of carbonyl (C=O) groups excluding carboxylic acids is 1. The Morgan fingerprint density at radius 3 is 2.37 bits per heavy atom. The molecule has 0 spiro atoms. The van der Waals surface area contributed by atoms with Crippen LogP contribution in [0.5, 0.6) is 0 Å². The lowest BCUT2D eigenvalue weighted by Crippen LogP contribution is -2.38. The molecular formula is C15H17NO3. The Hall–Kier alpha value is -2.10. The lowest BCUT2D eigenvalue weighted by molar-refractivity contribution is -0.147. The van der Waals surface area contributed by atoms with Crippen molar-refractivity contribution >= 4 is 11.9 Å². The first-order valence-corrected chi connectivity index (χ1v) is 6.38. The maximum absolute atomic E-state index is 12.1. The standard InChI is InChI=1S/C15H17NO3/c17-14(16-10-11-6-2-1-3-7-11)12-8-4-5-9-13(12)15(18)19/h1-7,12-13H,8-10H2,(H,16,17)(H,18,19)/t12-,13-/m0/s1. The summed E-state index contributed by atoms with van der Waals surface area (Å²) >= 11 is 0. The summed E-state index contributed by atoms with van der Waals surface area (Å²) < 4.78 is 0. The van der Waals surface area contributed by atoms with Crippen LogP contribution in [-0.4, -0.2) is 17.0 Å². The van der Waals surface area contributed by atoms with Crippen molar-refractivity contribution < 1.29 is 14.7 Å². The minimum absolute atomic E-state index is 0.180. The molecule has 0 radical (unpaired) electrons. The van der Waals surface area contributed by atoms with Crippen molar-refractivity contribution in [2.45, 2.75) is 19.4 Å². The number of hydrogen-bond donors (Lipinski definition) is 2. The molecule has 19 heavy (non-hydrogen) atoms. The Kier molecular flexibility index (Phi) is 4.34. The second-order valence-corrected chi connectivity index (χ2v) is 4.70. The summed E-state index contributed by atoms with van der Waals surface area (Å²) in [5, 5.41) is 11.9. The highest BCUT2D eigenvalue weighted by molar-refractivity contribution is 5.85. The van der Waals surface area contributed by atoms with Crippen LogP contribution in [0.3, 0.4) is 0 Å². The molecule has 0 aliphatic heterocycles.